The highest BCUT2D eigenvalue weighted by Gasteiger charge is 2.37. The topological polar surface area (TPSA) is 104 Å². The van der Waals surface area contributed by atoms with Crippen LogP contribution in [-0.2, 0) is 20.3 Å². The van der Waals surface area contributed by atoms with Crippen LogP contribution in [0.15, 0.2) is 28.1 Å². The summed E-state index contributed by atoms with van der Waals surface area (Å²) in [5, 5.41) is 8.65. The molecule has 0 radical (unpaired) electrons. The third-order valence-corrected chi connectivity index (χ3v) is 5.36. The molecule has 1 heterocycles. The van der Waals surface area contributed by atoms with Crippen molar-refractivity contribution in [2.75, 3.05) is 0 Å². The average Bonchev–Trinajstić information content (AvgIpc) is 2.69. The molecule has 2 N–H and O–H groups in total. The molecular weight excluding hydrogens is 318 g/mol. The predicted octanol–water partition coefficient (Wildman–Crippen LogP) is 3.33. The van der Waals surface area contributed by atoms with Crippen LogP contribution >= 0.6 is 0 Å². The molecular formula is C16H21NO5S. The normalized spacial score (nSPS) is 20.2. The zero-order chi connectivity index (χ0) is 17.3. The van der Waals surface area contributed by atoms with Crippen molar-refractivity contribution in [1.29, 1.82) is 0 Å². The van der Waals surface area contributed by atoms with Gasteiger partial charge in [0.15, 0.2) is 0 Å². The monoisotopic (exact) mass is 339 g/mol. The summed E-state index contributed by atoms with van der Waals surface area (Å²) in [6.07, 6.45) is 3.16. The Morgan fingerprint density at radius 1 is 1.26 bits per heavy atom. The summed E-state index contributed by atoms with van der Waals surface area (Å²) in [5.41, 5.74) is 2.03. The summed E-state index contributed by atoms with van der Waals surface area (Å²) < 4.78 is 31.9. The molecule has 23 heavy (non-hydrogen) atoms. The van der Waals surface area contributed by atoms with E-state index in [4.69, 9.17) is 5.11 Å². The van der Waals surface area contributed by atoms with E-state index >= 15 is 0 Å². The summed E-state index contributed by atoms with van der Waals surface area (Å²) in [7, 11) is -4.25. The quantitative estimate of drug-likeness (QED) is 0.585. The Morgan fingerprint density at radius 3 is 2.57 bits per heavy atom. The van der Waals surface area contributed by atoms with Gasteiger partial charge in [-0.15, -0.1) is 0 Å². The van der Waals surface area contributed by atoms with E-state index < -0.39 is 16.1 Å². The fraction of sp³-hybridized carbons (Fsp3) is 0.500. The second-order valence-electron chi connectivity index (χ2n) is 6.14. The van der Waals surface area contributed by atoms with Gasteiger partial charge in [0.1, 0.15) is 0 Å². The maximum atomic E-state index is 11.4. The van der Waals surface area contributed by atoms with E-state index in [-0.39, 0.29) is 16.7 Å². The van der Waals surface area contributed by atoms with Crippen LogP contribution < -0.4 is 0 Å². The molecule has 6 nitrogen and oxygen atoms in total. The van der Waals surface area contributed by atoms with E-state index in [0.717, 1.165) is 36.2 Å². The number of aliphatic carboxylic acids is 1. The number of unbranched alkanes of at least 4 members (excludes halogenated alkanes) is 2. The molecule has 0 bridgehead atoms. The molecule has 126 valence electrons. The van der Waals surface area contributed by atoms with Crippen LogP contribution in [0, 0.1) is 0 Å². The third kappa shape index (κ3) is 3.79. The van der Waals surface area contributed by atoms with Crippen molar-refractivity contribution in [2.24, 2.45) is 4.99 Å². The molecule has 1 aromatic rings. The number of aliphatic imine (C=N–C) groups is 1. The molecule has 0 aromatic heterocycles. The van der Waals surface area contributed by atoms with Gasteiger partial charge in [0.25, 0.3) is 10.1 Å². The van der Waals surface area contributed by atoms with Gasteiger partial charge in [0.2, 0.25) is 0 Å². The second-order valence-corrected chi connectivity index (χ2v) is 7.56. The predicted molar refractivity (Wildman–Crippen MR) is 87.1 cm³/mol. The molecule has 0 fully saturated rings. The first kappa shape index (κ1) is 17.6. The Labute approximate surface area is 136 Å². The van der Waals surface area contributed by atoms with Gasteiger partial charge in [0, 0.05) is 17.5 Å². The third-order valence-electron chi connectivity index (χ3n) is 4.51. The smallest absolute Gasteiger partial charge is 0.303 e. The molecule has 1 atom stereocenters. The van der Waals surface area contributed by atoms with Gasteiger partial charge in [0.05, 0.1) is 10.6 Å². The van der Waals surface area contributed by atoms with E-state index in [1.807, 2.05) is 13.8 Å². The zero-order valence-corrected chi connectivity index (χ0v) is 14.1. The van der Waals surface area contributed by atoms with E-state index in [2.05, 4.69) is 4.99 Å². The summed E-state index contributed by atoms with van der Waals surface area (Å²) in [5.74, 6) is -0.794. The maximum absolute atomic E-state index is 11.4. The number of fused-ring (bicyclic) bond motifs is 1. The summed E-state index contributed by atoms with van der Waals surface area (Å²) >= 11 is 0. The van der Waals surface area contributed by atoms with E-state index in [1.54, 1.807) is 6.07 Å². The van der Waals surface area contributed by atoms with Crippen LogP contribution in [-0.4, -0.2) is 29.8 Å². The van der Waals surface area contributed by atoms with Gasteiger partial charge in [-0.2, -0.15) is 8.42 Å². The highest BCUT2D eigenvalue weighted by atomic mass is 32.2. The SMILES string of the molecule is CC1=Nc2ccc(S(=O)(=O)O)cc2[C@@]1(C)CCCCCC(=O)O. The molecule has 0 saturated heterocycles. The maximum Gasteiger partial charge on any atom is 0.303 e. The first-order valence-corrected chi connectivity index (χ1v) is 8.98. The van der Waals surface area contributed by atoms with Gasteiger partial charge < -0.3 is 5.11 Å². The molecule has 1 aromatic carbocycles. The van der Waals surface area contributed by atoms with Crippen LogP contribution in [0.1, 0.15) is 51.5 Å². The average molecular weight is 339 g/mol. The van der Waals surface area contributed by atoms with E-state index in [9.17, 15) is 17.8 Å². The van der Waals surface area contributed by atoms with Crippen LogP contribution in [0.5, 0.6) is 0 Å². The lowest BCUT2D eigenvalue weighted by molar-refractivity contribution is -0.137. The Bertz CT molecular complexity index is 754. The first-order valence-electron chi connectivity index (χ1n) is 7.54. The summed E-state index contributed by atoms with van der Waals surface area (Å²) in [6.45, 7) is 3.91. The largest absolute Gasteiger partial charge is 0.481 e. The van der Waals surface area contributed by atoms with Crippen LogP contribution in [0.3, 0.4) is 0 Å². The summed E-state index contributed by atoms with van der Waals surface area (Å²) in [4.78, 5) is 14.9. The van der Waals surface area contributed by atoms with Crippen molar-refractivity contribution in [2.45, 2.75) is 56.3 Å². The number of nitrogens with zero attached hydrogens (tertiary/aromatic N) is 1. The van der Waals surface area contributed by atoms with Crippen LogP contribution in [0.2, 0.25) is 0 Å². The minimum atomic E-state index is -4.25. The fourth-order valence-electron chi connectivity index (χ4n) is 2.96. The minimum Gasteiger partial charge on any atom is -0.481 e. The number of hydrogen-bond donors (Lipinski definition) is 2. The van der Waals surface area contributed by atoms with Crippen molar-refractivity contribution in [3.05, 3.63) is 23.8 Å². The number of benzene rings is 1. The van der Waals surface area contributed by atoms with Crippen molar-refractivity contribution < 1.29 is 22.9 Å². The van der Waals surface area contributed by atoms with Crippen molar-refractivity contribution in [3.63, 3.8) is 0 Å². The van der Waals surface area contributed by atoms with E-state index in [0.29, 0.717) is 6.42 Å². The fourth-order valence-corrected chi connectivity index (χ4v) is 3.47. The van der Waals surface area contributed by atoms with Gasteiger partial charge in [-0.25, -0.2) is 0 Å². The van der Waals surface area contributed by atoms with Crippen LogP contribution in [0.4, 0.5) is 5.69 Å². The molecule has 2 rings (SSSR count). The summed E-state index contributed by atoms with van der Waals surface area (Å²) in [6, 6.07) is 4.45. The highest BCUT2D eigenvalue weighted by Crippen LogP contribution is 2.44. The van der Waals surface area contributed by atoms with Crippen molar-refractivity contribution in [3.8, 4) is 0 Å². The molecule has 0 unspecified atom stereocenters. The van der Waals surface area contributed by atoms with E-state index in [1.165, 1.54) is 12.1 Å². The van der Waals surface area contributed by atoms with Crippen LogP contribution in [0.25, 0.3) is 0 Å². The minimum absolute atomic E-state index is 0.127. The molecule has 0 aliphatic carbocycles. The van der Waals surface area contributed by atoms with Gasteiger partial charge in [-0.3, -0.25) is 14.3 Å². The molecule has 0 amide bonds. The Hall–Kier alpha value is -1.73. The first-order chi connectivity index (χ1) is 10.6. The molecule has 7 heteroatoms. The molecule has 1 aliphatic heterocycles. The number of rotatable bonds is 7. The zero-order valence-electron chi connectivity index (χ0n) is 13.2. The van der Waals surface area contributed by atoms with Gasteiger partial charge in [-0.1, -0.05) is 19.8 Å². The highest BCUT2D eigenvalue weighted by molar-refractivity contribution is 7.85. The van der Waals surface area contributed by atoms with Gasteiger partial charge in [-0.05, 0) is 43.5 Å². The van der Waals surface area contributed by atoms with Gasteiger partial charge >= 0.3 is 5.97 Å². The standard InChI is InChI=1S/C16H21NO5S/c1-11-16(2,9-5-3-4-6-15(18)19)13-10-12(23(20,21)22)7-8-14(13)17-11/h7-8,10H,3-6,9H2,1-2H3,(H,18,19)(H,20,21,22)/t16-/m0/s1. The molecule has 0 spiro atoms. The number of carboxylic acid groups (broad SMARTS) is 1. The lowest BCUT2D eigenvalue weighted by Gasteiger charge is -2.26. The van der Waals surface area contributed by atoms with Crippen molar-refractivity contribution in [1.82, 2.24) is 0 Å². The second kappa shape index (κ2) is 6.41. The molecule has 1 aliphatic rings. The molecule has 0 saturated carbocycles. The lowest BCUT2D eigenvalue weighted by atomic mass is 9.76. The Morgan fingerprint density at radius 2 is 1.96 bits per heavy atom. The number of carboxylic acids is 1. The van der Waals surface area contributed by atoms with Crippen molar-refractivity contribution >= 4 is 27.5 Å². The lowest BCUT2D eigenvalue weighted by Crippen LogP contribution is -2.27. The Kier molecular flexibility index (Phi) is 4.91. The number of carbonyl (C=O) groups is 1. The number of hydrogen-bond acceptors (Lipinski definition) is 4. The Balaban J connectivity index is 2.17.